The van der Waals surface area contributed by atoms with Crippen molar-refractivity contribution in [2.75, 3.05) is 13.1 Å². The van der Waals surface area contributed by atoms with Crippen LogP contribution in [-0.2, 0) is 6.54 Å². The van der Waals surface area contributed by atoms with Crippen molar-refractivity contribution in [1.82, 2.24) is 20.6 Å². The van der Waals surface area contributed by atoms with E-state index in [0.717, 1.165) is 36.4 Å². The maximum Gasteiger partial charge on any atom is 0.0890 e. The van der Waals surface area contributed by atoms with E-state index < -0.39 is 0 Å². The Bertz CT molecular complexity index is 531. The number of fused-ring (bicyclic) bond motifs is 1. The largest absolute Gasteiger partial charge is 0.311 e. The molecule has 0 saturated carbocycles. The van der Waals surface area contributed by atoms with E-state index in [0.29, 0.717) is 0 Å². The average Bonchev–Trinajstić information content (AvgIpc) is 2.37. The Balaban J connectivity index is 1.82. The van der Waals surface area contributed by atoms with Crippen LogP contribution in [-0.4, -0.2) is 28.6 Å². The summed E-state index contributed by atoms with van der Waals surface area (Å²) in [4.78, 5) is 8.98. The Morgan fingerprint density at radius 2 is 1.79 bits per heavy atom. The second-order valence-electron chi connectivity index (χ2n) is 5.70. The highest BCUT2D eigenvalue weighted by molar-refractivity contribution is 5.73. The first-order chi connectivity index (χ1) is 9.04. The molecule has 2 rings (SSSR count). The van der Waals surface area contributed by atoms with Crippen molar-refractivity contribution in [2.24, 2.45) is 0 Å². The summed E-state index contributed by atoms with van der Waals surface area (Å²) in [6, 6.07) is 7.94. The summed E-state index contributed by atoms with van der Waals surface area (Å²) >= 11 is 0. The number of nitrogens with zero attached hydrogens (tertiary/aromatic N) is 2. The molecular formula is C15H22N4. The number of para-hydroxylation sites is 2. The Kier molecular flexibility index (Phi) is 4.45. The van der Waals surface area contributed by atoms with E-state index in [1.54, 1.807) is 0 Å². The van der Waals surface area contributed by atoms with Crippen molar-refractivity contribution in [3.05, 3.63) is 36.2 Å². The van der Waals surface area contributed by atoms with Crippen molar-refractivity contribution in [2.45, 2.75) is 32.9 Å². The smallest absolute Gasteiger partial charge is 0.0890 e. The molecule has 0 fully saturated rings. The molecule has 102 valence electrons. The minimum atomic E-state index is 0.171. The number of hydrogen-bond acceptors (Lipinski definition) is 4. The first kappa shape index (κ1) is 13.9. The van der Waals surface area contributed by atoms with Gasteiger partial charge >= 0.3 is 0 Å². The summed E-state index contributed by atoms with van der Waals surface area (Å²) in [6.45, 7) is 9.13. The highest BCUT2D eigenvalue weighted by Crippen LogP contribution is 2.08. The molecule has 0 atom stereocenters. The molecule has 1 heterocycles. The minimum Gasteiger partial charge on any atom is -0.311 e. The van der Waals surface area contributed by atoms with Crippen LogP contribution in [0.2, 0.25) is 0 Å². The zero-order valence-corrected chi connectivity index (χ0v) is 11.9. The standard InChI is InChI=1S/C15H22N4/c1-15(2,3)18-9-8-16-10-12-11-17-13-6-4-5-7-14(13)19-12/h4-7,11,16,18H,8-10H2,1-3H3. The van der Waals surface area contributed by atoms with Crippen LogP contribution in [0.5, 0.6) is 0 Å². The van der Waals surface area contributed by atoms with Crippen LogP contribution in [0, 0.1) is 0 Å². The number of rotatable bonds is 5. The first-order valence-electron chi connectivity index (χ1n) is 6.71. The molecule has 0 unspecified atom stereocenters. The Morgan fingerprint density at radius 3 is 2.53 bits per heavy atom. The van der Waals surface area contributed by atoms with Gasteiger partial charge in [0.25, 0.3) is 0 Å². The van der Waals surface area contributed by atoms with Gasteiger partial charge in [-0.2, -0.15) is 0 Å². The van der Waals surface area contributed by atoms with E-state index in [-0.39, 0.29) is 5.54 Å². The molecule has 2 N–H and O–H groups in total. The van der Waals surface area contributed by atoms with Crippen LogP contribution in [0.25, 0.3) is 11.0 Å². The third-order valence-corrected chi connectivity index (χ3v) is 2.76. The van der Waals surface area contributed by atoms with Crippen molar-refractivity contribution in [1.29, 1.82) is 0 Å². The van der Waals surface area contributed by atoms with Gasteiger partial charge in [-0.1, -0.05) is 12.1 Å². The molecule has 4 nitrogen and oxygen atoms in total. The van der Waals surface area contributed by atoms with Gasteiger partial charge in [0.15, 0.2) is 0 Å². The van der Waals surface area contributed by atoms with Crippen LogP contribution >= 0.6 is 0 Å². The fourth-order valence-corrected chi connectivity index (χ4v) is 1.82. The molecule has 0 aliphatic heterocycles. The highest BCUT2D eigenvalue weighted by atomic mass is 15.0. The Labute approximate surface area is 114 Å². The molecule has 0 bridgehead atoms. The third-order valence-electron chi connectivity index (χ3n) is 2.76. The second-order valence-corrected chi connectivity index (χ2v) is 5.70. The van der Waals surface area contributed by atoms with E-state index in [9.17, 15) is 0 Å². The topological polar surface area (TPSA) is 49.8 Å². The zero-order valence-electron chi connectivity index (χ0n) is 11.9. The Morgan fingerprint density at radius 1 is 1.05 bits per heavy atom. The summed E-state index contributed by atoms with van der Waals surface area (Å²) in [6.07, 6.45) is 1.84. The van der Waals surface area contributed by atoms with E-state index in [4.69, 9.17) is 0 Å². The molecular weight excluding hydrogens is 236 g/mol. The lowest BCUT2D eigenvalue weighted by atomic mass is 10.1. The van der Waals surface area contributed by atoms with Gasteiger partial charge < -0.3 is 10.6 Å². The van der Waals surface area contributed by atoms with Gasteiger partial charge in [0.1, 0.15) is 0 Å². The number of aromatic nitrogens is 2. The fraction of sp³-hybridized carbons (Fsp3) is 0.467. The molecule has 0 radical (unpaired) electrons. The summed E-state index contributed by atoms with van der Waals surface area (Å²) in [5.74, 6) is 0. The lowest BCUT2D eigenvalue weighted by Crippen LogP contribution is -2.40. The molecule has 1 aromatic carbocycles. The minimum absolute atomic E-state index is 0.171. The zero-order chi connectivity index (χ0) is 13.7. The average molecular weight is 258 g/mol. The lowest BCUT2D eigenvalue weighted by Gasteiger charge is -2.20. The van der Waals surface area contributed by atoms with Crippen molar-refractivity contribution in [3.63, 3.8) is 0 Å². The third kappa shape index (κ3) is 4.58. The van der Waals surface area contributed by atoms with Gasteiger partial charge in [0.05, 0.1) is 22.9 Å². The highest BCUT2D eigenvalue weighted by Gasteiger charge is 2.07. The molecule has 0 saturated heterocycles. The molecule has 0 amide bonds. The van der Waals surface area contributed by atoms with Gasteiger partial charge in [-0.3, -0.25) is 4.98 Å². The second kappa shape index (κ2) is 6.08. The molecule has 0 aliphatic carbocycles. The van der Waals surface area contributed by atoms with Crippen LogP contribution in [0.1, 0.15) is 26.5 Å². The maximum absolute atomic E-state index is 4.58. The lowest BCUT2D eigenvalue weighted by molar-refractivity contribution is 0.421. The van der Waals surface area contributed by atoms with Crippen LogP contribution in [0.3, 0.4) is 0 Å². The fourth-order valence-electron chi connectivity index (χ4n) is 1.82. The molecule has 4 heteroatoms. The van der Waals surface area contributed by atoms with Gasteiger partial charge in [0, 0.05) is 25.2 Å². The Hall–Kier alpha value is -1.52. The van der Waals surface area contributed by atoms with Gasteiger partial charge in [-0.25, -0.2) is 4.98 Å². The number of nitrogens with one attached hydrogen (secondary N) is 2. The quantitative estimate of drug-likeness (QED) is 0.807. The predicted molar refractivity (Wildman–Crippen MR) is 79.0 cm³/mol. The van der Waals surface area contributed by atoms with Gasteiger partial charge in [-0.05, 0) is 32.9 Å². The molecule has 0 aliphatic rings. The van der Waals surface area contributed by atoms with Crippen molar-refractivity contribution >= 4 is 11.0 Å². The molecule has 19 heavy (non-hydrogen) atoms. The van der Waals surface area contributed by atoms with Crippen LogP contribution in [0.4, 0.5) is 0 Å². The van der Waals surface area contributed by atoms with Crippen molar-refractivity contribution in [3.8, 4) is 0 Å². The van der Waals surface area contributed by atoms with E-state index >= 15 is 0 Å². The van der Waals surface area contributed by atoms with E-state index in [2.05, 4.69) is 41.4 Å². The number of hydrogen-bond donors (Lipinski definition) is 2. The molecule has 0 spiro atoms. The summed E-state index contributed by atoms with van der Waals surface area (Å²) in [7, 11) is 0. The van der Waals surface area contributed by atoms with Gasteiger partial charge in [-0.15, -0.1) is 0 Å². The summed E-state index contributed by atoms with van der Waals surface area (Å²) < 4.78 is 0. The van der Waals surface area contributed by atoms with E-state index in [1.807, 2.05) is 30.5 Å². The molecule has 2 aromatic rings. The molecule has 1 aromatic heterocycles. The SMILES string of the molecule is CC(C)(C)NCCNCc1cnc2ccccc2n1. The van der Waals surface area contributed by atoms with Gasteiger partial charge in [0.2, 0.25) is 0 Å². The summed E-state index contributed by atoms with van der Waals surface area (Å²) in [5.41, 5.74) is 3.05. The number of benzene rings is 1. The summed E-state index contributed by atoms with van der Waals surface area (Å²) in [5, 5.41) is 6.81. The van der Waals surface area contributed by atoms with Crippen molar-refractivity contribution < 1.29 is 0 Å². The monoisotopic (exact) mass is 258 g/mol. The first-order valence-corrected chi connectivity index (χ1v) is 6.71. The van der Waals surface area contributed by atoms with E-state index in [1.165, 1.54) is 0 Å². The predicted octanol–water partition coefficient (Wildman–Crippen LogP) is 2.11. The normalized spacial score (nSPS) is 11.9. The maximum atomic E-state index is 4.58. The van der Waals surface area contributed by atoms with Crippen LogP contribution < -0.4 is 10.6 Å². The van der Waals surface area contributed by atoms with Crippen LogP contribution in [0.15, 0.2) is 30.5 Å².